The van der Waals surface area contributed by atoms with Crippen LogP contribution in [0.15, 0.2) is 52.6 Å². The molecule has 1 amide bonds. The summed E-state index contributed by atoms with van der Waals surface area (Å²) >= 11 is 1.40. The lowest BCUT2D eigenvalue weighted by molar-refractivity contribution is 0.0416. The summed E-state index contributed by atoms with van der Waals surface area (Å²) in [7, 11) is 0. The van der Waals surface area contributed by atoms with Gasteiger partial charge in [-0.2, -0.15) is 0 Å². The van der Waals surface area contributed by atoms with Gasteiger partial charge in [0.15, 0.2) is 0 Å². The fourth-order valence-electron chi connectivity index (χ4n) is 4.11. The van der Waals surface area contributed by atoms with Gasteiger partial charge in [0.1, 0.15) is 10.4 Å². The molecule has 0 aliphatic carbocycles. The molecule has 1 aliphatic heterocycles. The molecule has 0 radical (unpaired) electrons. The van der Waals surface area contributed by atoms with E-state index < -0.39 is 6.09 Å². The van der Waals surface area contributed by atoms with Gasteiger partial charge in [-0.1, -0.05) is 24.3 Å². The first kappa shape index (κ1) is 20.7. The minimum Gasteiger partial charge on any atom is -0.410 e. The number of nitrogens with two attached hydrogens (primary N) is 1. The third-order valence-electron chi connectivity index (χ3n) is 5.70. The highest BCUT2D eigenvalue weighted by atomic mass is 32.1. The maximum absolute atomic E-state index is 12.9. The average molecular weight is 450 g/mol. The fourth-order valence-corrected chi connectivity index (χ4v) is 4.90. The highest BCUT2D eigenvalue weighted by Crippen LogP contribution is 2.40. The number of benzene rings is 2. The van der Waals surface area contributed by atoms with Crippen molar-refractivity contribution in [2.45, 2.75) is 6.42 Å². The minimum atomic E-state index is -0.403. The van der Waals surface area contributed by atoms with Crippen LogP contribution in [0.5, 0.6) is 5.75 Å². The van der Waals surface area contributed by atoms with Crippen LogP contribution in [0.3, 0.4) is 0 Å². The van der Waals surface area contributed by atoms with E-state index >= 15 is 0 Å². The molecule has 0 unspecified atom stereocenters. The van der Waals surface area contributed by atoms with Crippen LogP contribution < -0.4 is 16.0 Å². The summed E-state index contributed by atoms with van der Waals surface area (Å²) in [6.07, 6.45) is 0.385. The smallest absolute Gasteiger partial charge is 0.410 e. The maximum atomic E-state index is 12.9. The van der Waals surface area contributed by atoms with Crippen LogP contribution in [0.2, 0.25) is 0 Å². The second kappa shape index (κ2) is 8.74. The SMILES string of the molecule is NCCc1ccc(-c2c(OC(=O)N3CCOCC3)ccc3[nH]c(=O)c4sccc4c23)cc1. The first-order chi connectivity index (χ1) is 15.7. The van der Waals surface area contributed by atoms with Crippen LogP contribution in [0.1, 0.15) is 5.56 Å². The van der Waals surface area contributed by atoms with Gasteiger partial charge in [0.2, 0.25) is 0 Å². The Kier molecular flexibility index (Phi) is 5.65. The lowest BCUT2D eigenvalue weighted by Crippen LogP contribution is -2.42. The first-order valence-corrected chi connectivity index (χ1v) is 11.4. The molecule has 0 bridgehead atoms. The molecule has 0 spiro atoms. The second-order valence-electron chi connectivity index (χ2n) is 7.68. The summed E-state index contributed by atoms with van der Waals surface area (Å²) in [6.45, 7) is 2.57. The van der Waals surface area contributed by atoms with Gasteiger partial charge in [-0.05, 0) is 47.7 Å². The molecule has 2 aromatic carbocycles. The molecule has 2 aromatic heterocycles. The predicted octanol–water partition coefficient (Wildman–Crippen LogP) is 3.74. The fraction of sp³-hybridized carbons (Fsp3) is 0.250. The molecule has 0 saturated carbocycles. The van der Waals surface area contributed by atoms with E-state index in [1.807, 2.05) is 35.7 Å². The molecule has 3 heterocycles. The summed E-state index contributed by atoms with van der Waals surface area (Å²) < 4.78 is 11.9. The van der Waals surface area contributed by atoms with Crippen LogP contribution in [0.4, 0.5) is 4.79 Å². The second-order valence-corrected chi connectivity index (χ2v) is 8.60. The van der Waals surface area contributed by atoms with E-state index in [1.165, 1.54) is 11.3 Å². The Morgan fingerprint density at radius 3 is 2.66 bits per heavy atom. The number of H-pyrrole nitrogens is 1. The Labute approximate surface area is 188 Å². The van der Waals surface area contributed by atoms with E-state index in [4.69, 9.17) is 15.2 Å². The molecule has 5 rings (SSSR count). The Bertz CT molecular complexity index is 1340. The van der Waals surface area contributed by atoms with Gasteiger partial charge in [-0.3, -0.25) is 4.79 Å². The number of nitrogens with zero attached hydrogens (tertiary/aromatic N) is 1. The number of amides is 1. The van der Waals surface area contributed by atoms with Crippen LogP contribution in [0.25, 0.3) is 32.1 Å². The van der Waals surface area contributed by atoms with E-state index in [9.17, 15) is 9.59 Å². The summed E-state index contributed by atoms with van der Waals surface area (Å²) in [5.74, 6) is 0.458. The van der Waals surface area contributed by atoms with Gasteiger partial charge in [0.05, 0.1) is 13.2 Å². The van der Waals surface area contributed by atoms with Crippen molar-refractivity contribution in [3.8, 4) is 16.9 Å². The molecule has 3 N–H and O–H groups in total. The summed E-state index contributed by atoms with van der Waals surface area (Å²) in [5.41, 5.74) is 9.10. The number of hydrogen-bond acceptors (Lipinski definition) is 6. The standard InChI is InChI=1S/C24H23N3O4S/c25-9-7-15-1-3-16(4-2-15)20-19(31-24(29)27-10-12-30-13-11-27)6-5-18-21(20)17-8-14-32-22(17)23(28)26-18/h1-6,8,14H,7,9-13,25H2,(H,26,28). The van der Waals surface area contributed by atoms with Crippen molar-refractivity contribution in [2.75, 3.05) is 32.8 Å². The van der Waals surface area contributed by atoms with Crippen LogP contribution in [0, 0.1) is 0 Å². The zero-order valence-electron chi connectivity index (χ0n) is 17.4. The van der Waals surface area contributed by atoms with E-state index in [0.717, 1.165) is 33.9 Å². The van der Waals surface area contributed by atoms with E-state index in [-0.39, 0.29) is 5.56 Å². The lowest BCUT2D eigenvalue weighted by Gasteiger charge is -2.26. The predicted molar refractivity (Wildman–Crippen MR) is 127 cm³/mol. The zero-order valence-corrected chi connectivity index (χ0v) is 18.2. The molecule has 32 heavy (non-hydrogen) atoms. The number of pyridine rings is 1. The molecular formula is C24H23N3O4S. The van der Waals surface area contributed by atoms with Crippen LogP contribution in [-0.4, -0.2) is 48.8 Å². The Morgan fingerprint density at radius 2 is 1.91 bits per heavy atom. The molecule has 164 valence electrons. The quantitative estimate of drug-likeness (QED) is 0.495. The van der Waals surface area contributed by atoms with Gasteiger partial charge in [-0.25, -0.2) is 4.79 Å². The highest BCUT2D eigenvalue weighted by molar-refractivity contribution is 7.17. The molecule has 1 aliphatic rings. The number of rotatable bonds is 4. The highest BCUT2D eigenvalue weighted by Gasteiger charge is 2.22. The Hall–Kier alpha value is -3.20. The van der Waals surface area contributed by atoms with Gasteiger partial charge >= 0.3 is 6.09 Å². The van der Waals surface area contributed by atoms with Crippen molar-refractivity contribution < 1.29 is 14.3 Å². The monoisotopic (exact) mass is 449 g/mol. The van der Waals surface area contributed by atoms with Crippen LogP contribution in [-0.2, 0) is 11.2 Å². The molecule has 4 aromatic rings. The lowest BCUT2D eigenvalue weighted by atomic mass is 9.96. The van der Waals surface area contributed by atoms with Gasteiger partial charge in [0, 0.05) is 34.9 Å². The van der Waals surface area contributed by atoms with Crippen LogP contribution >= 0.6 is 11.3 Å². The van der Waals surface area contributed by atoms with Crippen molar-refractivity contribution in [2.24, 2.45) is 5.73 Å². The number of thiophene rings is 1. The maximum Gasteiger partial charge on any atom is 0.415 e. The molecule has 8 heteroatoms. The summed E-state index contributed by atoms with van der Waals surface area (Å²) in [6, 6.07) is 13.6. The van der Waals surface area contributed by atoms with Crippen molar-refractivity contribution in [1.29, 1.82) is 0 Å². The summed E-state index contributed by atoms with van der Waals surface area (Å²) in [4.78, 5) is 30.0. The molecule has 7 nitrogen and oxygen atoms in total. The van der Waals surface area contributed by atoms with Gasteiger partial charge in [0.25, 0.3) is 5.56 Å². The van der Waals surface area contributed by atoms with Crippen molar-refractivity contribution in [1.82, 2.24) is 9.88 Å². The minimum absolute atomic E-state index is 0.121. The van der Waals surface area contributed by atoms with E-state index in [1.54, 1.807) is 17.0 Å². The van der Waals surface area contributed by atoms with Gasteiger partial charge in [-0.15, -0.1) is 11.3 Å². The molecular weight excluding hydrogens is 426 g/mol. The normalized spacial score (nSPS) is 14.2. The zero-order chi connectivity index (χ0) is 22.1. The van der Waals surface area contributed by atoms with Crippen molar-refractivity contribution in [3.63, 3.8) is 0 Å². The molecule has 0 atom stereocenters. The number of aromatic nitrogens is 1. The summed E-state index contributed by atoms with van der Waals surface area (Å²) in [5, 5.41) is 3.61. The number of hydrogen-bond donors (Lipinski definition) is 2. The number of carbonyl (C=O) groups is 1. The molecule has 1 fully saturated rings. The number of aromatic amines is 1. The van der Waals surface area contributed by atoms with Crippen molar-refractivity contribution in [3.05, 3.63) is 63.8 Å². The first-order valence-electron chi connectivity index (χ1n) is 10.6. The Morgan fingerprint density at radius 1 is 1.12 bits per heavy atom. The number of ether oxygens (including phenoxy) is 2. The third kappa shape index (κ3) is 3.77. The van der Waals surface area contributed by atoms with E-state index in [2.05, 4.69) is 4.98 Å². The number of nitrogens with one attached hydrogen (secondary N) is 1. The van der Waals surface area contributed by atoms with E-state index in [0.29, 0.717) is 48.8 Å². The van der Waals surface area contributed by atoms with Crippen molar-refractivity contribution >= 4 is 38.4 Å². The molecule has 1 saturated heterocycles. The third-order valence-corrected chi connectivity index (χ3v) is 6.61. The largest absolute Gasteiger partial charge is 0.415 e. The number of carbonyl (C=O) groups excluding carboxylic acids is 1. The number of fused-ring (bicyclic) bond motifs is 3. The van der Waals surface area contributed by atoms with Gasteiger partial charge < -0.3 is 25.1 Å². The Balaban J connectivity index is 1.69. The number of morpholine rings is 1. The topological polar surface area (TPSA) is 97.7 Å². The average Bonchev–Trinajstić information content (AvgIpc) is 3.32.